The summed E-state index contributed by atoms with van der Waals surface area (Å²) in [4.78, 5) is 28.5. The third kappa shape index (κ3) is 5.58. The number of rotatable bonds is 6. The molecule has 0 unspecified atom stereocenters. The van der Waals surface area contributed by atoms with Crippen molar-refractivity contribution in [3.05, 3.63) is 53.8 Å². The second-order valence-corrected chi connectivity index (χ2v) is 6.34. The molecule has 5 nitrogen and oxygen atoms in total. The van der Waals surface area contributed by atoms with Crippen molar-refractivity contribution in [1.29, 1.82) is 0 Å². The summed E-state index contributed by atoms with van der Waals surface area (Å²) in [6, 6.07) is 12.8. The van der Waals surface area contributed by atoms with Gasteiger partial charge in [0, 0.05) is 11.1 Å². The number of aromatic nitrogens is 1. The van der Waals surface area contributed by atoms with Crippen molar-refractivity contribution in [1.82, 2.24) is 4.98 Å². The van der Waals surface area contributed by atoms with Crippen molar-refractivity contribution in [3.63, 3.8) is 0 Å². The largest absolute Gasteiger partial charge is 0.455 e. The average molecular weight is 351 g/mol. The molecule has 23 heavy (non-hydrogen) atoms. The number of benzene rings is 1. The standard InChI is InChI=1S/C16H15ClN2O3S/c1-11(23-12-6-3-2-4-7-12)16(21)22-10-14(20)19-13-8-5-9-18-15(13)17/h2-9,11H,10H2,1H3,(H,19,20)/t11-/m0/s1. The average Bonchev–Trinajstić information content (AvgIpc) is 2.55. The minimum absolute atomic E-state index is 0.181. The summed E-state index contributed by atoms with van der Waals surface area (Å²) in [6.45, 7) is 1.36. The van der Waals surface area contributed by atoms with E-state index in [2.05, 4.69) is 10.3 Å². The van der Waals surface area contributed by atoms with E-state index in [4.69, 9.17) is 16.3 Å². The van der Waals surface area contributed by atoms with Crippen molar-refractivity contribution in [2.24, 2.45) is 0 Å². The smallest absolute Gasteiger partial charge is 0.319 e. The summed E-state index contributed by atoms with van der Waals surface area (Å²) < 4.78 is 5.01. The van der Waals surface area contributed by atoms with E-state index in [9.17, 15) is 9.59 Å². The molecule has 2 rings (SSSR count). The van der Waals surface area contributed by atoms with Gasteiger partial charge < -0.3 is 10.1 Å². The summed E-state index contributed by atoms with van der Waals surface area (Å²) in [5, 5.41) is 2.31. The Balaban J connectivity index is 1.79. The molecule has 0 saturated carbocycles. The molecule has 1 N–H and O–H groups in total. The lowest BCUT2D eigenvalue weighted by Crippen LogP contribution is -2.25. The normalized spacial score (nSPS) is 11.6. The maximum Gasteiger partial charge on any atom is 0.319 e. The first kappa shape index (κ1) is 17.3. The zero-order valence-electron chi connectivity index (χ0n) is 12.4. The SMILES string of the molecule is C[C@H](Sc1ccccc1)C(=O)OCC(=O)Nc1cccnc1Cl. The molecule has 0 aliphatic carbocycles. The van der Waals surface area contributed by atoms with Crippen LogP contribution in [0.5, 0.6) is 0 Å². The second kappa shape index (κ2) is 8.55. The number of nitrogens with one attached hydrogen (secondary N) is 1. The summed E-state index contributed by atoms with van der Waals surface area (Å²) >= 11 is 7.21. The van der Waals surface area contributed by atoms with Crippen LogP contribution in [0.15, 0.2) is 53.6 Å². The molecule has 1 aromatic carbocycles. The highest BCUT2D eigenvalue weighted by Crippen LogP contribution is 2.23. The molecule has 0 fully saturated rings. The molecule has 1 aromatic heterocycles. The van der Waals surface area contributed by atoms with Gasteiger partial charge in [0.05, 0.1) is 5.69 Å². The van der Waals surface area contributed by atoms with Gasteiger partial charge in [0.2, 0.25) is 0 Å². The molecule has 1 atom stereocenters. The van der Waals surface area contributed by atoms with Gasteiger partial charge in [-0.05, 0) is 31.2 Å². The Hall–Kier alpha value is -2.05. The molecule has 0 spiro atoms. The first-order chi connectivity index (χ1) is 11.1. The fraction of sp³-hybridized carbons (Fsp3) is 0.188. The van der Waals surface area contributed by atoms with Gasteiger partial charge in [-0.3, -0.25) is 9.59 Å². The van der Waals surface area contributed by atoms with Crippen LogP contribution >= 0.6 is 23.4 Å². The third-order valence-corrected chi connectivity index (χ3v) is 4.16. The number of anilines is 1. The van der Waals surface area contributed by atoms with Crippen LogP contribution in [0.3, 0.4) is 0 Å². The molecule has 2 aromatic rings. The van der Waals surface area contributed by atoms with Crippen LogP contribution in [0.4, 0.5) is 5.69 Å². The molecule has 0 aliphatic rings. The zero-order chi connectivity index (χ0) is 16.7. The van der Waals surface area contributed by atoms with E-state index < -0.39 is 17.1 Å². The third-order valence-electron chi connectivity index (χ3n) is 2.77. The molecule has 0 bridgehead atoms. The Bertz CT molecular complexity index is 682. The van der Waals surface area contributed by atoms with Crippen molar-refractivity contribution in [2.75, 3.05) is 11.9 Å². The zero-order valence-corrected chi connectivity index (χ0v) is 13.9. The molecular weight excluding hydrogens is 336 g/mol. The van der Waals surface area contributed by atoms with E-state index in [0.717, 1.165) is 4.90 Å². The molecule has 0 aliphatic heterocycles. The lowest BCUT2D eigenvalue weighted by atomic mass is 10.4. The van der Waals surface area contributed by atoms with E-state index in [1.807, 2.05) is 30.3 Å². The number of ether oxygens (including phenoxy) is 1. The number of pyridine rings is 1. The summed E-state index contributed by atoms with van der Waals surface area (Å²) in [5.74, 6) is -0.920. The number of carbonyl (C=O) groups excluding carboxylic acids is 2. The van der Waals surface area contributed by atoms with Gasteiger partial charge in [-0.15, -0.1) is 11.8 Å². The van der Waals surface area contributed by atoms with Crippen molar-refractivity contribution in [3.8, 4) is 0 Å². The maximum absolute atomic E-state index is 11.9. The minimum Gasteiger partial charge on any atom is -0.455 e. The van der Waals surface area contributed by atoms with Gasteiger partial charge in [0.15, 0.2) is 11.8 Å². The molecule has 1 amide bonds. The van der Waals surface area contributed by atoms with Gasteiger partial charge in [0.25, 0.3) is 5.91 Å². The Morgan fingerprint density at radius 2 is 2.00 bits per heavy atom. The maximum atomic E-state index is 11.9. The number of halogens is 1. The predicted molar refractivity (Wildman–Crippen MR) is 90.6 cm³/mol. The van der Waals surface area contributed by atoms with E-state index in [0.29, 0.717) is 5.69 Å². The van der Waals surface area contributed by atoms with Crippen molar-refractivity contribution < 1.29 is 14.3 Å². The van der Waals surface area contributed by atoms with Crippen molar-refractivity contribution >= 4 is 40.9 Å². The Labute approximate surface area is 143 Å². The predicted octanol–water partition coefficient (Wildman–Crippen LogP) is 3.40. The van der Waals surface area contributed by atoms with Gasteiger partial charge >= 0.3 is 5.97 Å². The number of esters is 1. The molecule has 0 saturated heterocycles. The van der Waals surface area contributed by atoms with E-state index in [-0.39, 0.29) is 11.8 Å². The Morgan fingerprint density at radius 3 is 2.70 bits per heavy atom. The van der Waals surface area contributed by atoms with Gasteiger partial charge in [-0.25, -0.2) is 4.98 Å². The van der Waals surface area contributed by atoms with Crippen LogP contribution in [-0.4, -0.2) is 28.7 Å². The summed E-state index contributed by atoms with van der Waals surface area (Å²) in [6.07, 6.45) is 1.51. The molecular formula is C16H15ClN2O3S. The molecule has 7 heteroatoms. The minimum atomic E-state index is -0.467. The van der Waals surface area contributed by atoms with Gasteiger partial charge in [0.1, 0.15) is 5.25 Å². The van der Waals surface area contributed by atoms with Crippen LogP contribution in [0, 0.1) is 0 Å². The van der Waals surface area contributed by atoms with E-state index in [1.54, 1.807) is 19.1 Å². The fourth-order valence-corrected chi connectivity index (χ4v) is 2.72. The lowest BCUT2D eigenvalue weighted by Gasteiger charge is -2.11. The first-order valence-electron chi connectivity index (χ1n) is 6.85. The molecule has 120 valence electrons. The van der Waals surface area contributed by atoms with Crippen LogP contribution < -0.4 is 5.32 Å². The number of hydrogen-bond acceptors (Lipinski definition) is 5. The summed E-state index contributed by atoms with van der Waals surface area (Å²) in [7, 11) is 0. The highest BCUT2D eigenvalue weighted by molar-refractivity contribution is 8.00. The number of carbonyl (C=O) groups is 2. The highest BCUT2D eigenvalue weighted by Gasteiger charge is 2.17. The number of amides is 1. The van der Waals surface area contributed by atoms with Gasteiger partial charge in [-0.1, -0.05) is 29.8 Å². The first-order valence-corrected chi connectivity index (χ1v) is 8.10. The quantitative estimate of drug-likeness (QED) is 0.491. The van der Waals surface area contributed by atoms with Crippen LogP contribution in [0.2, 0.25) is 5.15 Å². The fourth-order valence-electron chi connectivity index (χ4n) is 1.67. The number of nitrogens with zero attached hydrogens (tertiary/aromatic N) is 1. The second-order valence-electron chi connectivity index (χ2n) is 4.57. The van der Waals surface area contributed by atoms with Crippen LogP contribution in [0.25, 0.3) is 0 Å². The van der Waals surface area contributed by atoms with Crippen LogP contribution in [-0.2, 0) is 14.3 Å². The van der Waals surface area contributed by atoms with E-state index in [1.165, 1.54) is 18.0 Å². The monoisotopic (exact) mass is 350 g/mol. The Kier molecular flexibility index (Phi) is 6.43. The van der Waals surface area contributed by atoms with Gasteiger partial charge in [-0.2, -0.15) is 0 Å². The lowest BCUT2D eigenvalue weighted by molar-refractivity contribution is -0.146. The molecule has 1 heterocycles. The van der Waals surface area contributed by atoms with E-state index >= 15 is 0 Å². The van der Waals surface area contributed by atoms with Crippen LogP contribution in [0.1, 0.15) is 6.92 Å². The number of thioether (sulfide) groups is 1. The Morgan fingerprint density at radius 1 is 1.26 bits per heavy atom. The topological polar surface area (TPSA) is 68.3 Å². The molecule has 0 radical (unpaired) electrons. The van der Waals surface area contributed by atoms with Crippen molar-refractivity contribution in [2.45, 2.75) is 17.1 Å². The number of hydrogen-bond donors (Lipinski definition) is 1. The highest BCUT2D eigenvalue weighted by atomic mass is 35.5. The summed E-state index contributed by atoms with van der Waals surface area (Å²) in [5.41, 5.74) is 0.377.